The molecular formula is C27H33NO6. The van der Waals surface area contributed by atoms with E-state index in [0.717, 1.165) is 11.1 Å². The third-order valence-corrected chi connectivity index (χ3v) is 5.91. The first-order chi connectivity index (χ1) is 16.2. The number of likely N-dealkylation sites (tertiary alicyclic amines) is 1. The molecule has 1 heterocycles. The second-order valence-corrected chi connectivity index (χ2v) is 8.70. The molecule has 1 amide bonds. The van der Waals surface area contributed by atoms with Gasteiger partial charge in [0, 0.05) is 18.7 Å². The molecule has 0 aliphatic carbocycles. The fourth-order valence-electron chi connectivity index (χ4n) is 4.17. The Hall–Kier alpha value is -3.32. The molecule has 0 bridgehead atoms. The Kier molecular flexibility index (Phi) is 7.99. The molecule has 0 saturated carbocycles. The van der Waals surface area contributed by atoms with E-state index in [1.165, 1.54) is 12.0 Å². The number of hydrogen-bond donors (Lipinski definition) is 1. The number of carbonyl (C=O) groups excluding carboxylic acids is 2. The average Bonchev–Trinajstić information content (AvgIpc) is 3.07. The first-order valence-electron chi connectivity index (χ1n) is 11.4. The topological polar surface area (TPSA) is 85.3 Å². The highest BCUT2D eigenvalue weighted by atomic mass is 16.5. The molecular weight excluding hydrogens is 434 g/mol. The van der Waals surface area contributed by atoms with Gasteiger partial charge >= 0.3 is 0 Å². The number of hydrogen-bond acceptors (Lipinski definition) is 6. The van der Waals surface area contributed by atoms with Crippen molar-refractivity contribution in [2.45, 2.75) is 46.3 Å². The van der Waals surface area contributed by atoms with Gasteiger partial charge in [-0.2, -0.15) is 0 Å². The van der Waals surface area contributed by atoms with Gasteiger partial charge in [0.15, 0.2) is 11.5 Å². The molecule has 2 aromatic rings. The van der Waals surface area contributed by atoms with Gasteiger partial charge in [0.1, 0.15) is 5.76 Å². The SMILES string of the molecule is COc1ccc(C2/C(=C(\O)c3cc(C)ccc3C)C(=O)C(=O)N2CCCOC(C)C)cc1OC. The zero-order valence-electron chi connectivity index (χ0n) is 20.7. The van der Waals surface area contributed by atoms with Crippen LogP contribution in [-0.4, -0.2) is 55.2 Å². The van der Waals surface area contributed by atoms with Crippen molar-refractivity contribution in [3.63, 3.8) is 0 Å². The lowest BCUT2D eigenvalue weighted by molar-refractivity contribution is -0.140. The summed E-state index contributed by atoms with van der Waals surface area (Å²) in [7, 11) is 3.07. The Morgan fingerprint density at radius 3 is 2.38 bits per heavy atom. The molecule has 34 heavy (non-hydrogen) atoms. The molecule has 2 aromatic carbocycles. The maximum Gasteiger partial charge on any atom is 0.295 e. The fourth-order valence-corrected chi connectivity index (χ4v) is 4.17. The quantitative estimate of drug-likeness (QED) is 0.252. The number of nitrogens with zero attached hydrogens (tertiary/aromatic N) is 1. The highest BCUT2D eigenvalue weighted by Crippen LogP contribution is 2.42. The van der Waals surface area contributed by atoms with E-state index in [1.54, 1.807) is 25.3 Å². The largest absolute Gasteiger partial charge is 0.507 e. The zero-order valence-corrected chi connectivity index (χ0v) is 20.7. The van der Waals surface area contributed by atoms with E-state index in [0.29, 0.717) is 42.2 Å². The highest BCUT2D eigenvalue weighted by Gasteiger charge is 2.46. The summed E-state index contributed by atoms with van der Waals surface area (Å²) in [5, 5.41) is 11.3. The lowest BCUT2D eigenvalue weighted by Gasteiger charge is -2.26. The number of methoxy groups -OCH3 is 2. The summed E-state index contributed by atoms with van der Waals surface area (Å²) in [5.74, 6) is -0.525. The van der Waals surface area contributed by atoms with Crippen molar-refractivity contribution >= 4 is 17.4 Å². The minimum Gasteiger partial charge on any atom is -0.507 e. The highest BCUT2D eigenvalue weighted by molar-refractivity contribution is 6.46. The molecule has 1 saturated heterocycles. The average molecular weight is 468 g/mol. The van der Waals surface area contributed by atoms with Crippen LogP contribution < -0.4 is 9.47 Å². The van der Waals surface area contributed by atoms with Gasteiger partial charge in [0.25, 0.3) is 11.7 Å². The number of benzene rings is 2. The summed E-state index contributed by atoms with van der Waals surface area (Å²) < 4.78 is 16.4. The molecule has 0 spiro atoms. The first kappa shape index (κ1) is 25.3. The van der Waals surface area contributed by atoms with E-state index < -0.39 is 17.7 Å². The lowest BCUT2D eigenvalue weighted by atomic mass is 9.93. The Morgan fingerprint density at radius 1 is 1.03 bits per heavy atom. The van der Waals surface area contributed by atoms with Crippen LogP contribution >= 0.6 is 0 Å². The number of rotatable bonds is 9. The van der Waals surface area contributed by atoms with Gasteiger partial charge in [-0.25, -0.2) is 0 Å². The van der Waals surface area contributed by atoms with Crippen molar-refractivity contribution in [1.29, 1.82) is 0 Å². The molecule has 1 N–H and O–H groups in total. The molecule has 7 nitrogen and oxygen atoms in total. The van der Waals surface area contributed by atoms with Crippen molar-refractivity contribution < 1.29 is 28.9 Å². The van der Waals surface area contributed by atoms with Crippen LogP contribution in [0.5, 0.6) is 11.5 Å². The number of ether oxygens (including phenoxy) is 3. The number of Topliss-reactive ketones (excluding diaryl/α,β-unsaturated/α-hetero) is 1. The van der Waals surface area contributed by atoms with Crippen LogP contribution in [0, 0.1) is 13.8 Å². The molecule has 0 aromatic heterocycles. The summed E-state index contributed by atoms with van der Waals surface area (Å²) in [6, 6.07) is 10.1. The summed E-state index contributed by atoms with van der Waals surface area (Å²) in [6.07, 6.45) is 0.625. The van der Waals surface area contributed by atoms with Crippen LogP contribution in [0.3, 0.4) is 0 Å². The van der Waals surface area contributed by atoms with E-state index >= 15 is 0 Å². The first-order valence-corrected chi connectivity index (χ1v) is 11.4. The van der Waals surface area contributed by atoms with Crippen LogP contribution in [0.15, 0.2) is 42.0 Å². The smallest absolute Gasteiger partial charge is 0.295 e. The second kappa shape index (κ2) is 10.7. The number of amides is 1. The Labute approximate surface area is 200 Å². The van der Waals surface area contributed by atoms with Crippen molar-refractivity contribution in [1.82, 2.24) is 4.90 Å². The number of aryl methyl sites for hydroxylation is 2. The summed E-state index contributed by atoms with van der Waals surface area (Å²) >= 11 is 0. The van der Waals surface area contributed by atoms with Crippen LogP contribution in [0.1, 0.15) is 48.6 Å². The third-order valence-electron chi connectivity index (χ3n) is 5.91. The number of aliphatic hydroxyl groups excluding tert-OH is 1. The van der Waals surface area contributed by atoms with Crippen LogP contribution in [0.2, 0.25) is 0 Å². The van der Waals surface area contributed by atoms with E-state index in [9.17, 15) is 14.7 Å². The molecule has 1 fully saturated rings. The predicted molar refractivity (Wildman–Crippen MR) is 130 cm³/mol. The van der Waals surface area contributed by atoms with E-state index in [2.05, 4.69) is 0 Å². The molecule has 0 radical (unpaired) electrons. The minimum atomic E-state index is -0.765. The Bertz CT molecular complexity index is 1100. The molecule has 7 heteroatoms. The summed E-state index contributed by atoms with van der Waals surface area (Å²) in [5.41, 5.74) is 3.00. The third kappa shape index (κ3) is 5.09. The maximum absolute atomic E-state index is 13.2. The van der Waals surface area contributed by atoms with E-state index in [-0.39, 0.29) is 17.4 Å². The maximum atomic E-state index is 13.2. The van der Waals surface area contributed by atoms with Crippen molar-refractivity contribution in [2.75, 3.05) is 27.4 Å². The van der Waals surface area contributed by atoms with Gasteiger partial charge in [-0.1, -0.05) is 23.8 Å². The molecule has 1 aliphatic heterocycles. The van der Waals surface area contributed by atoms with Crippen LogP contribution in [0.25, 0.3) is 5.76 Å². The minimum absolute atomic E-state index is 0.0655. The molecule has 182 valence electrons. The predicted octanol–water partition coefficient (Wildman–Crippen LogP) is 4.56. The zero-order chi connectivity index (χ0) is 25.0. The van der Waals surface area contributed by atoms with E-state index in [1.807, 2.05) is 45.9 Å². The van der Waals surface area contributed by atoms with Gasteiger partial charge in [-0.15, -0.1) is 0 Å². The monoisotopic (exact) mass is 467 g/mol. The van der Waals surface area contributed by atoms with Gasteiger partial charge in [0.2, 0.25) is 0 Å². The fraction of sp³-hybridized carbons (Fsp3) is 0.407. The molecule has 1 unspecified atom stereocenters. The number of carbonyl (C=O) groups is 2. The van der Waals surface area contributed by atoms with E-state index in [4.69, 9.17) is 14.2 Å². The summed E-state index contributed by atoms with van der Waals surface area (Å²) in [6.45, 7) is 8.42. The summed E-state index contributed by atoms with van der Waals surface area (Å²) in [4.78, 5) is 27.9. The van der Waals surface area contributed by atoms with Gasteiger partial charge in [-0.3, -0.25) is 9.59 Å². The van der Waals surface area contributed by atoms with Crippen molar-refractivity contribution in [2.24, 2.45) is 0 Å². The normalized spacial score (nSPS) is 17.5. The number of ketones is 1. The Morgan fingerprint density at radius 2 is 1.74 bits per heavy atom. The molecule has 1 aliphatic rings. The van der Waals surface area contributed by atoms with Gasteiger partial charge in [0.05, 0.1) is 31.9 Å². The van der Waals surface area contributed by atoms with Crippen molar-refractivity contribution in [3.8, 4) is 11.5 Å². The van der Waals surface area contributed by atoms with Crippen LogP contribution in [-0.2, 0) is 14.3 Å². The molecule has 3 rings (SSSR count). The lowest BCUT2D eigenvalue weighted by Crippen LogP contribution is -2.31. The second-order valence-electron chi connectivity index (χ2n) is 8.70. The molecule has 1 atom stereocenters. The standard InChI is InChI=1S/C27H33NO6/c1-16(2)34-13-7-12-28-24(19-10-11-21(32-5)22(15-19)33-6)23(26(30)27(28)31)25(29)20-14-17(3)8-9-18(20)4/h8-11,14-16,24,29H,7,12-13H2,1-6H3/b25-23+. The van der Waals surface area contributed by atoms with Gasteiger partial charge in [-0.05, 0) is 63.4 Å². The van der Waals surface area contributed by atoms with Crippen molar-refractivity contribution in [3.05, 3.63) is 64.2 Å². The number of aliphatic hydroxyl groups is 1. The van der Waals surface area contributed by atoms with Crippen LogP contribution in [0.4, 0.5) is 0 Å². The Balaban J connectivity index is 2.14. The van der Waals surface area contributed by atoms with Gasteiger partial charge < -0.3 is 24.2 Å².